The van der Waals surface area contributed by atoms with Gasteiger partial charge in [0.15, 0.2) is 0 Å². The second-order valence-corrected chi connectivity index (χ2v) is 9.84. The van der Waals surface area contributed by atoms with Crippen molar-refractivity contribution in [3.63, 3.8) is 0 Å². The smallest absolute Gasteiger partial charge is 0.251 e. The van der Waals surface area contributed by atoms with Crippen LogP contribution >= 0.6 is 22.9 Å². The zero-order valence-corrected chi connectivity index (χ0v) is 21.5. The van der Waals surface area contributed by atoms with E-state index >= 15 is 0 Å². The Morgan fingerprint density at radius 1 is 0.917 bits per heavy atom. The van der Waals surface area contributed by atoms with Gasteiger partial charge in [-0.3, -0.25) is 14.9 Å². The molecule has 1 atom stereocenters. The minimum absolute atomic E-state index is 0.299. The highest BCUT2D eigenvalue weighted by atomic mass is 35.5. The van der Waals surface area contributed by atoms with Gasteiger partial charge in [-0.25, -0.2) is 0 Å². The van der Waals surface area contributed by atoms with Gasteiger partial charge in [0.2, 0.25) is 11.0 Å². The summed E-state index contributed by atoms with van der Waals surface area (Å²) in [6, 6.07) is 23.6. The first-order valence-corrected chi connectivity index (χ1v) is 13.1. The van der Waals surface area contributed by atoms with E-state index in [-0.39, 0.29) is 11.8 Å². The molecule has 36 heavy (non-hydrogen) atoms. The lowest BCUT2D eigenvalue weighted by Gasteiger charge is -2.18. The van der Waals surface area contributed by atoms with Gasteiger partial charge in [0.1, 0.15) is 11.0 Å². The van der Waals surface area contributed by atoms with Gasteiger partial charge in [0, 0.05) is 22.6 Å². The van der Waals surface area contributed by atoms with E-state index < -0.39 is 6.04 Å². The lowest BCUT2D eigenvalue weighted by Crippen LogP contribution is -2.45. The molecule has 0 spiro atoms. The molecule has 0 saturated carbocycles. The van der Waals surface area contributed by atoms with E-state index in [1.807, 2.05) is 54.6 Å². The highest BCUT2D eigenvalue weighted by molar-refractivity contribution is 7.18. The summed E-state index contributed by atoms with van der Waals surface area (Å²) in [5.74, 6) is -0.655. The zero-order valence-electron chi connectivity index (χ0n) is 19.9. The van der Waals surface area contributed by atoms with Crippen molar-refractivity contribution in [1.82, 2.24) is 15.5 Å². The predicted molar refractivity (Wildman–Crippen MR) is 145 cm³/mol. The van der Waals surface area contributed by atoms with Crippen LogP contribution in [-0.4, -0.2) is 28.1 Å². The minimum Gasteiger partial charge on any atom is -0.340 e. The van der Waals surface area contributed by atoms with E-state index in [0.717, 1.165) is 30.4 Å². The Morgan fingerprint density at radius 2 is 1.64 bits per heavy atom. The van der Waals surface area contributed by atoms with Crippen LogP contribution in [0.4, 0.5) is 5.13 Å². The predicted octanol–water partition coefficient (Wildman–Crippen LogP) is 6.18. The van der Waals surface area contributed by atoms with E-state index in [9.17, 15) is 9.59 Å². The minimum atomic E-state index is -0.789. The molecule has 2 amide bonds. The molecule has 0 fully saturated rings. The fourth-order valence-corrected chi connectivity index (χ4v) is 4.56. The second kappa shape index (κ2) is 12.4. The summed E-state index contributed by atoms with van der Waals surface area (Å²) in [6.45, 7) is 2.15. The molecule has 6 nitrogen and oxygen atoms in total. The second-order valence-electron chi connectivity index (χ2n) is 8.42. The molecule has 2 N–H and O–H groups in total. The summed E-state index contributed by atoms with van der Waals surface area (Å²) in [4.78, 5) is 26.3. The van der Waals surface area contributed by atoms with Crippen molar-refractivity contribution in [3.8, 4) is 10.6 Å². The van der Waals surface area contributed by atoms with Crippen molar-refractivity contribution >= 4 is 39.9 Å². The van der Waals surface area contributed by atoms with E-state index in [0.29, 0.717) is 27.1 Å². The maximum absolute atomic E-state index is 13.2. The molecule has 4 aromatic rings. The van der Waals surface area contributed by atoms with E-state index in [1.54, 1.807) is 24.3 Å². The Bertz CT molecular complexity index is 1290. The molecule has 0 radical (unpaired) electrons. The highest BCUT2D eigenvalue weighted by Gasteiger charge is 2.23. The monoisotopic (exact) mass is 518 g/mol. The first-order valence-electron chi connectivity index (χ1n) is 11.9. The van der Waals surface area contributed by atoms with Gasteiger partial charge in [0.05, 0.1) is 0 Å². The van der Waals surface area contributed by atoms with Crippen LogP contribution in [0.15, 0.2) is 78.9 Å². The van der Waals surface area contributed by atoms with Crippen molar-refractivity contribution in [2.75, 3.05) is 5.32 Å². The Labute approximate surface area is 219 Å². The number of rotatable bonds is 10. The van der Waals surface area contributed by atoms with Crippen LogP contribution in [0, 0.1) is 0 Å². The molecule has 0 aliphatic carbocycles. The number of hydrogen-bond donors (Lipinski definition) is 2. The molecule has 0 aliphatic heterocycles. The number of halogens is 1. The molecule has 1 heterocycles. The summed E-state index contributed by atoms with van der Waals surface area (Å²) in [5.41, 5.74) is 3.50. The number of unbranched alkanes of at least 4 members (excludes halogenated alkanes) is 1. The molecule has 4 rings (SSSR count). The lowest BCUT2D eigenvalue weighted by molar-refractivity contribution is -0.118. The van der Waals surface area contributed by atoms with E-state index in [4.69, 9.17) is 11.6 Å². The average molecular weight is 519 g/mol. The van der Waals surface area contributed by atoms with Gasteiger partial charge in [0.25, 0.3) is 5.91 Å². The molecule has 1 aromatic heterocycles. The average Bonchev–Trinajstić information content (AvgIpc) is 3.36. The van der Waals surface area contributed by atoms with Gasteiger partial charge in [-0.1, -0.05) is 90.9 Å². The number of amides is 2. The molecule has 184 valence electrons. The van der Waals surface area contributed by atoms with Crippen LogP contribution in [0.3, 0.4) is 0 Å². The normalized spacial score (nSPS) is 11.6. The van der Waals surface area contributed by atoms with Crippen LogP contribution in [0.2, 0.25) is 5.02 Å². The number of nitrogens with one attached hydrogen (secondary N) is 2. The summed E-state index contributed by atoms with van der Waals surface area (Å²) >= 11 is 7.22. The van der Waals surface area contributed by atoms with Crippen LogP contribution in [-0.2, 0) is 17.6 Å². The number of hydrogen-bond acceptors (Lipinski definition) is 5. The van der Waals surface area contributed by atoms with Crippen LogP contribution in [0.1, 0.15) is 41.3 Å². The first kappa shape index (κ1) is 25.5. The quantitative estimate of drug-likeness (QED) is 0.262. The Morgan fingerprint density at radius 3 is 2.33 bits per heavy atom. The number of carbonyl (C=O) groups excluding carboxylic acids is 2. The van der Waals surface area contributed by atoms with Gasteiger partial charge in [-0.05, 0) is 48.2 Å². The first-order chi connectivity index (χ1) is 17.5. The summed E-state index contributed by atoms with van der Waals surface area (Å²) in [7, 11) is 0. The fourth-order valence-electron chi connectivity index (χ4n) is 3.68. The van der Waals surface area contributed by atoms with E-state index in [2.05, 4.69) is 27.8 Å². The number of aryl methyl sites for hydroxylation is 1. The zero-order chi connectivity index (χ0) is 25.3. The number of aromatic nitrogens is 2. The number of carbonyl (C=O) groups is 2. The summed E-state index contributed by atoms with van der Waals surface area (Å²) in [5, 5.41) is 15.6. The third kappa shape index (κ3) is 6.99. The molecule has 0 saturated heterocycles. The number of benzene rings is 3. The highest BCUT2D eigenvalue weighted by Crippen LogP contribution is 2.27. The Balaban J connectivity index is 1.47. The van der Waals surface area contributed by atoms with Crippen molar-refractivity contribution in [2.24, 2.45) is 0 Å². The molecule has 8 heteroatoms. The Hall–Kier alpha value is -3.55. The van der Waals surface area contributed by atoms with Crippen LogP contribution < -0.4 is 10.6 Å². The molecule has 0 aliphatic rings. The SMILES string of the molecule is CCCCc1ccc(C(=O)N[C@H](Cc2ccccc2)C(=O)Nc2nnc(-c3ccc(Cl)cc3)s2)cc1. The van der Waals surface area contributed by atoms with Crippen LogP contribution in [0.25, 0.3) is 10.6 Å². The molecule has 0 bridgehead atoms. The summed E-state index contributed by atoms with van der Waals surface area (Å²) < 4.78 is 0. The van der Waals surface area contributed by atoms with Gasteiger partial charge in [-0.15, -0.1) is 10.2 Å². The molecule has 3 aromatic carbocycles. The van der Waals surface area contributed by atoms with Gasteiger partial charge in [-0.2, -0.15) is 0 Å². The number of nitrogens with zero attached hydrogens (tertiary/aromatic N) is 2. The van der Waals surface area contributed by atoms with Crippen LogP contribution in [0.5, 0.6) is 0 Å². The van der Waals surface area contributed by atoms with Crippen molar-refractivity contribution in [1.29, 1.82) is 0 Å². The number of anilines is 1. The van der Waals surface area contributed by atoms with Gasteiger partial charge >= 0.3 is 0 Å². The topological polar surface area (TPSA) is 84.0 Å². The van der Waals surface area contributed by atoms with Crippen molar-refractivity contribution in [3.05, 3.63) is 101 Å². The maximum Gasteiger partial charge on any atom is 0.251 e. The molecular formula is C28H27ClN4O2S. The van der Waals surface area contributed by atoms with E-state index in [1.165, 1.54) is 16.9 Å². The Kier molecular flexibility index (Phi) is 8.81. The maximum atomic E-state index is 13.2. The van der Waals surface area contributed by atoms with Crippen molar-refractivity contribution < 1.29 is 9.59 Å². The largest absolute Gasteiger partial charge is 0.340 e. The standard InChI is InChI=1S/C28H27ClN4O2S/c1-2-3-7-19-10-12-21(13-11-19)25(34)30-24(18-20-8-5-4-6-9-20)26(35)31-28-33-32-27(36-28)22-14-16-23(29)17-15-22/h4-6,8-17,24H,2-3,7,18H2,1H3,(H,30,34)(H,31,33,35)/t24-/m1/s1. The lowest BCUT2D eigenvalue weighted by atomic mass is 10.0. The molecular weight excluding hydrogens is 492 g/mol. The fraction of sp³-hybridized carbons (Fsp3) is 0.214. The van der Waals surface area contributed by atoms with Gasteiger partial charge < -0.3 is 5.32 Å². The van der Waals surface area contributed by atoms with Crippen molar-refractivity contribution in [2.45, 2.75) is 38.6 Å². The third-order valence-corrected chi connectivity index (χ3v) is 6.83. The molecule has 0 unspecified atom stereocenters. The third-order valence-electron chi connectivity index (χ3n) is 5.69. The summed E-state index contributed by atoms with van der Waals surface area (Å²) in [6.07, 6.45) is 3.55.